The monoisotopic (exact) mass is 189 g/mol. The number of nitrogens with zero attached hydrogens (tertiary/aromatic N) is 1. The van der Waals surface area contributed by atoms with E-state index >= 15 is 0 Å². The molecule has 2 bridgehead atoms. The molecule has 1 heterocycles. The van der Waals surface area contributed by atoms with E-state index < -0.39 is 0 Å². The summed E-state index contributed by atoms with van der Waals surface area (Å²) in [7, 11) is 0. The molecule has 1 saturated heterocycles. The Hall–Kier alpha value is -0.720. The second-order valence-corrected chi connectivity index (χ2v) is 4.99. The lowest BCUT2D eigenvalue weighted by atomic mass is 10.0. The Balaban J connectivity index is 1.69. The van der Waals surface area contributed by atoms with E-state index in [9.17, 15) is 0 Å². The van der Waals surface area contributed by atoms with Gasteiger partial charge >= 0.3 is 0 Å². The fourth-order valence-corrected chi connectivity index (χ4v) is 3.09. The zero-order valence-electron chi connectivity index (χ0n) is 8.78. The molecule has 0 amide bonds. The van der Waals surface area contributed by atoms with Crippen molar-refractivity contribution in [2.24, 2.45) is 11.8 Å². The summed E-state index contributed by atoms with van der Waals surface area (Å²) in [6, 6.07) is 0. The number of hydrogen-bond acceptors (Lipinski definition) is 1. The first-order valence-corrected chi connectivity index (χ1v) is 6.05. The quantitative estimate of drug-likeness (QED) is 0.573. The van der Waals surface area contributed by atoms with Gasteiger partial charge in [0.05, 0.1) is 0 Å². The zero-order valence-corrected chi connectivity index (χ0v) is 8.78. The van der Waals surface area contributed by atoms with Crippen LogP contribution in [0.15, 0.2) is 23.9 Å². The van der Waals surface area contributed by atoms with Crippen LogP contribution in [0.1, 0.15) is 32.1 Å². The summed E-state index contributed by atoms with van der Waals surface area (Å²) in [6.07, 6.45) is 14.3. The highest BCUT2D eigenvalue weighted by atomic mass is 15.1. The normalized spacial score (nSPS) is 38.6. The van der Waals surface area contributed by atoms with E-state index in [-0.39, 0.29) is 0 Å². The molecule has 0 radical (unpaired) electrons. The third-order valence-electron chi connectivity index (χ3n) is 3.89. The largest absolute Gasteiger partial charge is 0.377 e. The van der Waals surface area contributed by atoms with Crippen LogP contribution in [-0.2, 0) is 0 Å². The molecule has 0 aromatic rings. The van der Waals surface area contributed by atoms with Gasteiger partial charge in [0.25, 0.3) is 0 Å². The maximum Gasteiger partial charge on any atom is 0.0172 e. The lowest BCUT2D eigenvalue weighted by Gasteiger charge is -2.26. The van der Waals surface area contributed by atoms with Gasteiger partial charge in [0.2, 0.25) is 0 Å². The van der Waals surface area contributed by atoms with Gasteiger partial charge in [-0.15, -0.1) is 0 Å². The van der Waals surface area contributed by atoms with Gasteiger partial charge in [-0.2, -0.15) is 0 Å². The van der Waals surface area contributed by atoms with Gasteiger partial charge < -0.3 is 4.90 Å². The number of likely N-dealkylation sites (tertiary alicyclic amines) is 1. The number of fused-ring (bicyclic) bond motifs is 2. The van der Waals surface area contributed by atoms with Crippen LogP contribution in [0.5, 0.6) is 0 Å². The van der Waals surface area contributed by atoms with Gasteiger partial charge in [-0.05, 0) is 49.8 Å². The van der Waals surface area contributed by atoms with E-state index in [0.717, 1.165) is 11.8 Å². The van der Waals surface area contributed by atoms with E-state index in [2.05, 4.69) is 23.3 Å². The Morgan fingerprint density at radius 3 is 2.64 bits per heavy atom. The highest BCUT2D eigenvalue weighted by Gasteiger charge is 2.31. The molecule has 1 nitrogen and oxygen atoms in total. The second-order valence-electron chi connectivity index (χ2n) is 4.99. The van der Waals surface area contributed by atoms with Crippen molar-refractivity contribution in [3.8, 4) is 0 Å². The Kier molecular flexibility index (Phi) is 2.11. The molecule has 0 aromatic carbocycles. The molecule has 1 aliphatic heterocycles. The minimum absolute atomic E-state index is 0.807. The van der Waals surface area contributed by atoms with Gasteiger partial charge in [0, 0.05) is 19.0 Å². The van der Waals surface area contributed by atoms with Gasteiger partial charge in [-0.3, -0.25) is 0 Å². The fourth-order valence-electron chi connectivity index (χ4n) is 3.09. The van der Waals surface area contributed by atoms with Gasteiger partial charge in [-0.1, -0.05) is 12.2 Å². The van der Waals surface area contributed by atoms with Gasteiger partial charge in [-0.25, -0.2) is 0 Å². The van der Waals surface area contributed by atoms with Crippen LogP contribution in [0.3, 0.4) is 0 Å². The molecule has 14 heavy (non-hydrogen) atoms. The lowest BCUT2D eigenvalue weighted by Crippen LogP contribution is -2.25. The predicted octanol–water partition coefficient (Wildman–Crippen LogP) is 2.95. The van der Waals surface area contributed by atoms with E-state index in [4.69, 9.17) is 0 Å². The molecule has 1 heteroatoms. The van der Waals surface area contributed by atoms with Crippen LogP contribution in [0, 0.1) is 11.8 Å². The van der Waals surface area contributed by atoms with Crippen LogP contribution < -0.4 is 0 Å². The second kappa shape index (κ2) is 3.45. The van der Waals surface area contributed by atoms with Crippen LogP contribution in [0.25, 0.3) is 0 Å². The first-order valence-electron chi connectivity index (χ1n) is 6.05. The standard InChI is InChI=1S/C13H19N/c1-2-6-14(7-3-1)10-13-9-11-4-5-12(13)8-11/h4-5,10-12H,1-3,6-9H2/b13-10-/t11-,12-/m0/s1. The van der Waals surface area contributed by atoms with Crippen LogP contribution in [0.2, 0.25) is 0 Å². The molecule has 2 aliphatic carbocycles. The van der Waals surface area contributed by atoms with Crippen molar-refractivity contribution < 1.29 is 0 Å². The lowest BCUT2D eigenvalue weighted by molar-refractivity contribution is 0.306. The maximum absolute atomic E-state index is 2.55. The van der Waals surface area contributed by atoms with Gasteiger partial charge in [0.1, 0.15) is 0 Å². The summed E-state index contributed by atoms with van der Waals surface area (Å²) in [5, 5.41) is 0. The molecule has 2 fully saturated rings. The van der Waals surface area contributed by atoms with Crippen LogP contribution >= 0.6 is 0 Å². The maximum atomic E-state index is 2.55. The van der Waals surface area contributed by atoms with Crippen LogP contribution in [0.4, 0.5) is 0 Å². The molecule has 1 saturated carbocycles. The third kappa shape index (κ3) is 1.49. The molecule has 0 unspecified atom stereocenters. The molecular weight excluding hydrogens is 170 g/mol. The number of rotatable bonds is 1. The minimum atomic E-state index is 0.807. The number of piperidine rings is 1. The highest BCUT2D eigenvalue weighted by Crippen LogP contribution is 2.43. The van der Waals surface area contributed by atoms with E-state index in [1.165, 1.54) is 45.2 Å². The first-order chi connectivity index (χ1) is 6.92. The molecular formula is C13H19N. The van der Waals surface area contributed by atoms with Crippen molar-refractivity contribution >= 4 is 0 Å². The number of hydrogen-bond donors (Lipinski definition) is 0. The highest BCUT2D eigenvalue weighted by molar-refractivity contribution is 5.26. The smallest absolute Gasteiger partial charge is 0.0172 e. The first kappa shape index (κ1) is 8.58. The van der Waals surface area contributed by atoms with Crippen molar-refractivity contribution in [1.29, 1.82) is 0 Å². The Morgan fingerprint density at radius 2 is 2.00 bits per heavy atom. The molecule has 0 spiro atoms. The summed E-state index contributed by atoms with van der Waals surface area (Å²) >= 11 is 0. The Bertz CT molecular complexity index is 271. The molecule has 0 N–H and O–H groups in total. The minimum Gasteiger partial charge on any atom is -0.377 e. The van der Waals surface area contributed by atoms with E-state index in [1.54, 1.807) is 5.57 Å². The van der Waals surface area contributed by atoms with Crippen molar-refractivity contribution in [3.05, 3.63) is 23.9 Å². The SMILES string of the molecule is C1=C[C@H]2C[C@H]1C/C2=C/N1CCCCC1. The summed E-state index contributed by atoms with van der Waals surface area (Å²) in [6.45, 7) is 2.59. The third-order valence-corrected chi connectivity index (χ3v) is 3.89. The topological polar surface area (TPSA) is 3.24 Å². The van der Waals surface area contributed by atoms with Crippen molar-refractivity contribution in [2.45, 2.75) is 32.1 Å². The van der Waals surface area contributed by atoms with Crippen molar-refractivity contribution in [2.75, 3.05) is 13.1 Å². The molecule has 3 aliphatic rings. The molecule has 76 valence electrons. The summed E-state index contributed by atoms with van der Waals surface area (Å²) < 4.78 is 0. The fraction of sp³-hybridized carbons (Fsp3) is 0.692. The van der Waals surface area contributed by atoms with Crippen LogP contribution in [-0.4, -0.2) is 18.0 Å². The average Bonchev–Trinajstić information content (AvgIpc) is 2.81. The number of allylic oxidation sites excluding steroid dienone is 3. The predicted molar refractivity (Wildman–Crippen MR) is 58.9 cm³/mol. The zero-order chi connectivity index (χ0) is 9.38. The average molecular weight is 189 g/mol. The summed E-state index contributed by atoms with van der Waals surface area (Å²) in [4.78, 5) is 2.55. The summed E-state index contributed by atoms with van der Waals surface area (Å²) in [5.74, 6) is 1.69. The van der Waals surface area contributed by atoms with E-state index in [0.29, 0.717) is 0 Å². The molecule has 2 atom stereocenters. The van der Waals surface area contributed by atoms with Gasteiger partial charge in [0.15, 0.2) is 0 Å². The summed E-state index contributed by atoms with van der Waals surface area (Å²) in [5.41, 5.74) is 1.71. The Morgan fingerprint density at radius 1 is 1.14 bits per heavy atom. The van der Waals surface area contributed by atoms with Crippen molar-refractivity contribution in [1.82, 2.24) is 4.90 Å². The molecule has 0 aromatic heterocycles. The Labute approximate surface area is 86.5 Å². The van der Waals surface area contributed by atoms with E-state index in [1.807, 2.05) is 0 Å². The molecule has 3 rings (SSSR count). The van der Waals surface area contributed by atoms with Crippen molar-refractivity contribution in [3.63, 3.8) is 0 Å².